The van der Waals surface area contributed by atoms with E-state index in [1.807, 2.05) is 58.0 Å². The second kappa shape index (κ2) is 18.7. The number of hydrogen-bond donors (Lipinski definition) is 5. The maximum atomic E-state index is 13.8. The Hall–Kier alpha value is -3.14. The maximum Gasteiger partial charge on any atom is 0.408 e. The van der Waals surface area contributed by atoms with Crippen molar-refractivity contribution in [2.45, 2.75) is 136 Å². The van der Waals surface area contributed by atoms with Crippen LogP contribution >= 0.6 is 0 Å². The minimum Gasteiger partial charge on any atom is -0.444 e. The van der Waals surface area contributed by atoms with E-state index < -0.39 is 47.7 Å². The molecule has 0 bridgehead atoms. The molecule has 0 spiro atoms. The molecule has 0 heterocycles. The van der Waals surface area contributed by atoms with Crippen molar-refractivity contribution in [3.05, 3.63) is 35.9 Å². The number of hydrogen-bond acceptors (Lipinski definition) is 6. The Balaban J connectivity index is 2.23. The zero-order valence-corrected chi connectivity index (χ0v) is 28.5. The molecular formula is C35H58N4O6. The molecule has 4 amide bonds. The molecule has 0 saturated heterocycles. The van der Waals surface area contributed by atoms with Crippen LogP contribution in [0.5, 0.6) is 0 Å². The summed E-state index contributed by atoms with van der Waals surface area (Å²) >= 11 is 0. The van der Waals surface area contributed by atoms with Gasteiger partial charge in [0, 0.05) is 13.0 Å². The van der Waals surface area contributed by atoms with Crippen LogP contribution in [0, 0.1) is 17.8 Å². The first-order chi connectivity index (χ1) is 21.1. The molecule has 5 N–H and O–H groups in total. The predicted octanol–water partition coefficient (Wildman–Crippen LogP) is 4.63. The Labute approximate surface area is 270 Å². The lowest BCUT2D eigenvalue weighted by molar-refractivity contribution is -0.131. The Morgan fingerprint density at radius 3 is 2.07 bits per heavy atom. The molecule has 10 nitrogen and oxygen atoms in total. The smallest absolute Gasteiger partial charge is 0.408 e. The van der Waals surface area contributed by atoms with Crippen LogP contribution in [0.3, 0.4) is 0 Å². The van der Waals surface area contributed by atoms with E-state index in [9.17, 15) is 24.3 Å². The van der Waals surface area contributed by atoms with E-state index in [0.717, 1.165) is 31.2 Å². The van der Waals surface area contributed by atoms with Gasteiger partial charge in [0.15, 0.2) is 0 Å². The van der Waals surface area contributed by atoms with Crippen molar-refractivity contribution in [3.63, 3.8) is 0 Å². The van der Waals surface area contributed by atoms with Crippen molar-refractivity contribution < 1.29 is 29.0 Å². The number of carbonyl (C=O) groups excluding carboxylic acids is 4. The van der Waals surface area contributed by atoms with Gasteiger partial charge < -0.3 is 31.1 Å². The highest BCUT2D eigenvalue weighted by atomic mass is 16.6. The van der Waals surface area contributed by atoms with Gasteiger partial charge in [-0.25, -0.2) is 4.79 Å². The zero-order chi connectivity index (χ0) is 33.6. The highest BCUT2D eigenvalue weighted by Crippen LogP contribution is 2.28. The number of aliphatic hydroxyl groups is 1. The highest BCUT2D eigenvalue weighted by Gasteiger charge is 2.33. The fraction of sp³-hybridized carbons (Fsp3) is 0.714. The van der Waals surface area contributed by atoms with Crippen LogP contribution in [0.15, 0.2) is 30.3 Å². The summed E-state index contributed by atoms with van der Waals surface area (Å²) in [6, 6.07) is 6.77. The first kappa shape index (κ1) is 38.0. The number of aliphatic hydroxyl groups excluding tert-OH is 1. The van der Waals surface area contributed by atoms with Crippen molar-refractivity contribution in [2.75, 3.05) is 6.54 Å². The molecular weight excluding hydrogens is 572 g/mol. The normalized spacial score (nSPS) is 16.8. The summed E-state index contributed by atoms with van der Waals surface area (Å²) in [7, 11) is 0. The second-order valence-electron chi connectivity index (χ2n) is 14.4. The molecule has 10 heteroatoms. The molecule has 4 atom stereocenters. The number of nitrogens with one attached hydrogen (secondary N) is 4. The molecule has 254 valence electrons. The first-order valence-electron chi connectivity index (χ1n) is 16.7. The average molecular weight is 631 g/mol. The molecule has 2 rings (SSSR count). The lowest BCUT2D eigenvalue weighted by Gasteiger charge is -2.32. The molecule has 1 aliphatic carbocycles. The van der Waals surface area contributed by atoms with E-state index in [1.165, 1.54) is 6.42 Å². The van der Waals surface area contributed by atoms with Gasteiger partial charge in [0.2, 0.25) is 17.7 Å². The molecule has 1 aromatic carbocycles. The fourth-order valence-electron chi connectivity index (χ4n) is 5.58. The van der Waals surface area contributed by atoms with Crippen LogP contribution in [-0.2, 0) is 25.5 Å². The summed E-state index contributed by atoms with van der Waals surface area (Å²) in [4.78, 5) is 52.8. The standard InChI is InChI=1S/C35H58N4O6/c1-23(2)18-28(38-33(43)29(20-26-16-12-9-13-17-26)39-34(44)45-35(5,6)7)32(42)37-27(19-25-14-10-8-11-15-25)30(40)21-31(41)36-22-24(3)4/h9,12-13,16-17,23-25,27-30,40H,8,10-11,14-15,18-22H2,1-7H3,(H,36,41)(H,37,42)(H,38,43)(H,39,44)/t27-,28-,29-,30-/m0/s1. The molecule has 1 aliphatic rings. The van der Waals surface area contributed by atoms with Gasteiger partial charge in [-0.3, -0.25) is 14.4 Å². The van der Waals surface area contributed by atoms with Gasteiger partial charge in [-0.05, 0) is 56.9 Å². The van der Waals surface area contributed by atoms with Gasteiger partial charge in [-0.1, -0.05) is 90.1 Å². The number of amides is 4. The molecule has 0 aromatic heterocycles. The van der Waals surface area contributed by atoms with Crippen molar-refractivity contribution in [1.82, 2.24) is 21.3 Å². The molecule has 1 fully saturated rings. The average Bonchev–Trinajstić information content (AvgIpc) is 2.94. The second-order valence-corrected chi connectivity index (χ2v) is 14.4. The first-order valence-corrected chi connectivity index (χ1v) is 16.7. The highest BCUT2D eigenvalue weighted by molar-refractivity contribution is 5.91. The number of carbonyl (C=O) groups is 4. The third-order valence-corrected chi connectivity index (χ3v) is 7.84. The summed E-state index contributed by atoms with van der Waals surface area (Å²) in [6.07, 6.45) is 4.62. The largest absolute Gasteiger partial charge is 0.444 e. The van der Waals surface area contributed by atoms with Gasteiger partial charge in [-0.15, -0.1) is 0 Å². The van der Waals surface area contributed by atoms with Crippen molar-refractivity contribution in [3.8, 4) is 0 Å². The minimum atomic E-state index is -1.07. The molecule has 1 saturated carbocycles. The molecule has 1 aromatic rings. The van der Waals surface area contributed by atoms with Crippen LogP contribution in [0.25, 0.3) is 0 Å². The number of ether oxygens (including phenoxy) is 1. The topological polar surface area (TPSA) is 146 Å². The van der Waals surface area contributed by atoms with Crippen LogP contribution in [-0.4, -0.2) is 65.3 Å². The van der Waals surface area contributed by atoms with Crippen molar-refractivity contribution in [1.29, 1.82) is 0 Å². The predicted molar refractivity (Wildman–Crippen MR) is 176 cm³/mol. The van der Waals surface area contributed by atoms with Gasteiger partial charge in [0.1, 0.15) is 17.7 Å². The van der Waals surface area contributed by atoms with Crippen molar-refractivity contribution in [2.24, 2.45) is 17.8 Å². The lowest BCUT2D eigenvalue weighted by Crippen LogP contribution is -2.57. The van der Waals surface area contributed by atoms with E-state index in [4.69, 9.17) is 4.74 Å². The number of alkyl carbamates (subject to hydrolysis) is 1. The van der Waals surface area contributed by atoms with E-state index in [1.54, 1.807) is 20.8 Å². The molecule has 0 unspecified atom stereocenters. The Bertz CT molecular complexity index is 1070. The quantitative estimate of drug-likeness (QED) is 0.180. The summed E-state index contributed by atoms with van der Waals surface area (Å²) in [5, 5.41) is 22.6. The number of rotatable bonds is 16. The lowest BCUT2D eigenvalue weighted by atomic mass is 9.83. The zero-order valence-electron chi connectivity index (χ0n) is 28.5. The van der Waals surface area contributed by atoms with E-state index in [-0.39, 0.29) is 30.6 Å². The van der Waals surface area contributed by atoms with E-state index >= 15 is 0 Å². The summed E-state index contributed by atoms with van der Waals surface area (Å²) in [5.74, 6) is -0.513. The Morgan fingerprint density at radius 1 is 0.867 bits per heavy atom. The van der Waals surface area contributed by atoms with Gasteiger partial charge in [0.05, 0.1) is 18.6 Å². The monoisotopic (exact) mass is 630 g/mol. The van der Waals surface area contributed by atoms with Gasteiger partial charge in [0.25, 0.3) is 0 Å². The summed E-state index contributed by atoms with van der Waals surface area (Å²) in [5.41, 5.74) is 0.0858. The Kier molecular flexibility index (Phi) is 15.8. The van der Waals surface area contributed by atoms with Crippen molar-refractivity contribution >= 4 is 23.8 Å². The third-order valence-electron chi connectivity index (χ3n) is 7.84. The third kappa shape index (κ3) is 15.6. The van der Waals surface area contributed by atoms with Crippen LogP contribution in [0.1, 0.15) is 105 Å². The van der Waals surface area contributed by atoms with Crippen LogP contribution < -0.4 is 21.3 Å². The molecule has 0 radical (unpaired) electrons. The van der Waals surface area contributed by atoms with E-state index in [2.05, 4.69) is 21.3 Å². The maximum absolute atomic E-state index is 13.8. The van der Waals surface area contributed by atoms with E-state index in [0.29, 0.717) is 25.3 Å². The number of benzene rings is 1. The van der Waals surface area contributed by atoms with Crippen LogP contribution in [0.2, 0.25) is 0 Å². The van der Waals surface area contributed by atoms with Gasteiger partial charge >= 0.3 is 6.09 Å². The SMILES string of the molecule is CC(C)CNC(=O)C[C@H](O)[C@H](CC1CCCCC1)NC(=O)[C@H](CC(C)C)NC(=O)[C@H](Cc1ccccc1)NC(=O)OC(C)(C)C. The molecule has 45 heavy (non-hydrogen) atoms. The summed E-state index contributed by atoms with van der Waals surface area (Å²) < 4.78 is 5.42. The molecule has 0 aliphatic heterocycles. The summed E-state index contributed by atoms with van der Waals surface area (Å²) in [6.45, 7) is 13.7. The fourth-order valence-corrected chi connectivity index (χ4v) is 5.58. The Morgan fingerprint density at radius 2 is 1.49 bits per heavy atom. The minimum absolute atomic E-state index is 0.0657. The van der Waals surface area contributed by atoms with Gasteiger partial charge in [-0.2, -0.15) is 0 Å². The van der Waals surface area contributed by atoms with Crippen LogP contribution in [0.4, 0.5) is 4.79 Å².